The van der Waals surface area contributed by atoms with Gasteiger partial charge in [0.25, 0.3) is 0 Å². The number of nitrogens with one attached hydrogen (secondary N) is 1. The molecule has 0 aromatic heterocycles. The van der Waals surface area contributed by atoms with E-state index in [0.717, 1.165) is 0 Å². The van der Waals surface area contributed by atoms with Crippen LogP contribution in [0.25, 0.3) is 0 Å². The summed E-state index contributed by atoms with van der Waals surface area (Å²) in [5.74, 6) is 0.478. The van der Waals surface area contributed by atoms with Crippen molar-refractivity contribution in [3.8, 4) is 0 Å². The summed E-state index contributed by atoms with van der Waals surface area (Å²) in [7, 11) is 0. The van der Waals surface area contributed by atoms with Gasteiger partial charge in [-0.25, -0.2) is 4.99 Å². The summed E-state index contributed by atoms with van der Waals surface area (Å²) < 4.78 is 0. The molecular formula is C4H7N3OS. The van der Waals surface area contributed by atoms with Crippen LogP contribution in [-0.4, -0.2) is 23.5 Å². The number of thioether (sulfide) groups is 1. The Bertz CT molecular complexity index is 156. The number of nitrogens with two attached hydrogens (primary N) is 1. The minimum absolute atomic E-state index is 0.00667. The van der Waals surface area contributed by atoms with Crippen LogP contribution in [0.15, 0.2) is 4.99 Å². The Kier molecular flexibility index (Phi) is 2.07. The standard InChI is InChI=1S/C4H7N3OS/c5-2-6-4-7-3(8)1-9-4/h1-2,5H2,(H,6,7,8). The maximum atomic E-state index is 10.5. The highest BCUT2D eigenvalue weighted by atomic mass is 32.2. The molecule has 3 N–H and O–H groups in total. The monoisotopic (exact) mass is 145 g/mol. The lowest BCUT2D eigenvalue weighted by Gasteiger charge is -1.89. The molecule has 0 saturated carbocycles. The Morgan fingerprint density at radius 2 is 2.67 bits per heavy atom. The molecule has 0 spiro atoms. The van der Waals surface area contributed by atoms with Gasteiger partial charge in [-0.1, -0.05) is 11.8 Å². The van der Waals surface area contributed by atoms with Crippen LogP contribution in [0.1, 0.15) is 0 Å². The third-order valence-electron chi connectivity index (χ3n) is 0.821. The number of carbonyl (C=O) groups excluding carboxylic acids is 1. The molecule has 1 amide bonds. The fourth-order valence-corrected chi connectivity index (χ4v) is 1.19. The SMILES string of the molecule is NCN=C1NC(=O)CS1. The molecule has 0 radical (unpaired) electrons. The van der Waals surface area contributed by atoms with Crippen molar-refractivity contribution in [3.63, 3.8) is 0 Å². The van der Waals surface area contributed by atoms with Gasteiger partial charge in [0.05, 0.1) is 12.4 Å². The highest BCUT2D eigenvalue weighted by molar-refractivity contribution is 8.15. The van der Waals surface area contributed by atoms with E-state index >= 15 is 0 Å². The lowest BCUT2D eigenvalue weighted by molar-refractivity contribution is -0.116. The van der Waals surface area contributed by atoms with Gasteiger partial charge >= 0.3 is 0 Å². The highest BCUT2D eigenvalue weighted by Crippen LogP contribution is 2.07. The van der Waals surface area contributed by atoms with Gasteiger partial charge in [-0.3, -0.25) is 4.79 Å². The van der Waals surface area contributed by atoms with Gasteiger partial charge in [-0.05, 0) is 0 Å². The summed E-state index contributed by atoms with van der Waals surface area (Å²) >= 11 is 1.38. The maximum absolute atomic E-state index is 10.5. The minimum Gasteiger partial charge on any atom is -0.312 e. The fraction of sp³-hybridized carbons (Fsp3) is 0.500. The molecular weight excluding hydrogens is 138 g/mol. The maximum Gasteiger partial charge on any atom is 0.236 e. The quantitative estimate of drug-likeness (QED) is 0.503. The Labute approximate surface area is 56.9 Å². The third kappa shape index (κ3) is 1.69. The van der Waals surface area contributed by atoms with Gasteiger partial charge in [0, 0.05) is 0 Å². The zero-order valence-corrected chi connectivity index (χ0v) is 5.57. The van der Waals surface area contributed by atoms with Crippen LogP contribution in [0.5, 0.6) is 0 Å². The van der Waals surface area contributed by atoms with Crippen molar-refractivity contribution in [2.24, 2.45) is 10.7 Å². The van der Waals surface area contributed by atoms with E-state index in [2.05, 4.69) is 10.3 Å². The predicted molar refractivity (Wildman–Crippen MR) is 37.1 cm³/mol. The van der Waals surface area contributed by atoms with Gasteiger partial charge in [-0.2, -0.15) is 0 Å². The van der Waals surface area contributed by atoms with Crippen LogP contribution in [0.4, 0.5) is 0 Å². The molecule has 0 aromatic carbocycles. The Balaban J connectivity index is 2.47. The van der Waals surface area contributed by atoms with E-state index < -0.39 is 0 Å². The van der Waals surface area contributed by atoms with E-state index in [0.29, 0.717) is 10.9 Å². The predicted octanol–water partition coefficient (Wildman–Crippen LogP) is -0.878. The van der Waals surface area contributed by atoms with Crippen LogP contribution >= 0.6 is 11.8 Å². The van der Waals surface area contributed by atoms with Crippen molar-refractivity contribution in [1.29, 1.82) is 0 Å². The zero-order chi connectivity index (χ0) is 6.69. The fourth-order valence-electron chi connectivity index (χ4n) is 0.493. The average Bonchev–Trinajstić information content (AvgIpc) is 2.17. The lowest BCUT2D eigenvalue weighted by atomic mass is 10.7. The van der Waals surface area contributed by atoms with Crippen molar-refractivity contribution in [2.45, 2.75) is 0 Å². The first-order valence-corrected chi connectivity index (χ1v) is 3.48. The first-order chi connectivity index (χ1) is 4.33. The van der Waals surface area contributed by atoms with E-state index in [9.17, 15) is 4.79 Å². The first-order valence-electron chi connectivity index (χ1n) is 2.50. The second-order valence-electron chi connectivity index (χ2n) is 1.48. The summed E-state index contributed by atoms with van der Waals surface area (Å²) in [6.45, 7) is 0.239. The Hall–Kier alpha value is -0.550. The molecule has 5 heteroatoms. The number of hydrogen-bond acceptors (Lipinski definition) is 4. The number of aliphatic imine (C=N–C) groups is 1. The topological polar surface area (TPSA) is 67.5 Å². The van der Waals surface area contributed by atoms with Crippen molar-refractivity contribution in [3.05, 3.63) is 0 Å². The van der Waals surface area contributed by atoms with Crippen molar-refractivity contribution >= 4 is 22.8 Å². The van der Waals surface area contributed by atoms with Crippen LogP contribution in [0, 0.1) is 0 Å². The van der Waals surface area contributed by atoms with Crippen molar-refractivity contribution in [1.82, 2.24) is 5.32 Å². The number of hydrogen-bond donors (Lipinski definition) is 2. The second-order valence-corrected chi connectivity index (χ2v) is 2.45. The third-order valence-corrected chi connectivity index (χ3v) is 1.73. The second kappa shape index (κ2) is 2.84. The van der Waals surface area contributed by atoms with Gasteiger partial charge in [0.2, 0.25) is 5.91 Å². The molecule has 0 atom stereocenters. The molecule has 0 aliphatic carbocycles. The number of nitrogens with zero attached hydrogens (tertiary/aromatic N) is 1. The van der Waals surface area contributed by atoms with Crippen LogP contribution in [0.3, 0.4) is 0 Å². The molecule has 1 fully saturated rings. The summed E-state index contributed by atoms with van der Waals surface area (Å²) in [6.07, 6.45) is 0. The molecule has 50 valence electrons. The zero-order valence-electron chi connectivity index (χ0n) is 4.76. The molecule has 9 heavy (non-hydrogen) atoms. The summed E-state index contributed by atoms with van der Waals surface area (Å²) in [5, 5.41) is 3.19. The summed E-state index contributed by atoms with van der Waals surface area (Å²) in [4.78, 5) is 14.3. The molecule has 1 heterocycles. The first kappa shape index (κ1) is 6.57. The Morgan fingerprint density at radius 3 is 3.11 bits per heavy atom. The van der Waals surface area contributed by atoms with Gasteiger partial charge in [0.1, 0.15) is 0 Å². The summed E-state index contributed by atoms with van der Waals surface area (Å²) in [5.41, 5.74) is 5.10. The van der Waals surface area contributed by atoms with Crippen molar-refractivity contribution < 1.29 is 4.79 Å². The highest BCUT2D eigenvalue weighted by Gasteiger charge is 2.14. The number of amides is 1. The molecule has 1 rings (SSSR count). The molecule has 1 saturated heterocycles. The number of carbonyl (C=O) groups is 1. The molecule has 0 bridgehead atoms. The normalized spacial score (nSPS) is 22.8. The molecule has 0 aromatic rings. The lowest BCUT2D eigenvalue weighted by Crippen LogP contribution is -2.20. The molecule has 1 aliphatic heterocycles. The van der Waals surface area contributed by atoms with Crippen LogP contribution in [-0.2, 0) is 4.79 Å². The minimum atomic E-state index is 0.00667. The molecule has 0 unspecified atom stereocenters. The Morgan fingerprint density at radius 1 is 1.89 bits per heavy atom. The van der Waals surface area contributed by atoms with E-state index in [4.69, 9.17) is 5.73 Å². The van der Waals surface area contributed by atoms with Crippen molar-refractivity contribution in [2.75, 3.05) is 12.4 Å². The van der Waals surface area contributed by atoms with Crippen LogP contribution in [0.2, 0.25) is 0 Å². The van der Waals surface area contributed by atoms with E-state index in [1.807, 2.05) is 0 Å². The number of amidine groups is 1. The average molecular weight is 145 g/mol. The van der Waals surface area contributed by atoms with Gasteiger partial charge in [0.15, 0.2) is 5.17 Å². The van der Waals surface area contributed by atoms with E-state index in [1.54, 1.807) is 0 Å². The van der Waals surface area contributed by atoms with Gasteiger partial charge in [-0.15, -0.1) is 0 Å². The van der Waals surface area contributed by atoms with Crippen LogP contribution < -0.4 is 11.1 Å². The smallest absolute Gasteiger partial charge is 0.236 e. The number of rotatable bonds is 1. The summed E-state index contributed by atoms with van der Waals surface area (Å²) in [6, 6.07) is 0. The largest absolute Gasteiger partial charge is 0.312 e. The molecule has 4 nitrogen and oxygen atoms in total. The van der Waals surface area contributed by atoms with E-state index in [1.165, 1.54) is 11.8 Å². The molecule has 1 aliphatic rings. The van der Waals surface area contributed by atoms with E-state index in [-0.39, 0.29) is 12.6 Å². The van der Waals surface area contributed by atoms with Gasteiger partial charge < -0.3 is 11.1 Å².